The number of nitrogens with zero attached hydrogens (tertiary/aromatic N) is 3. The van der Waals surface area contributed by atoms with Crippen LogP contribution < -0.4 is 4.90 Å². The van der Waals surface area contributed by atoms with Crippen molar-refractivity contribution in [3.63, 3.8) is 0 Å². The second kappa shape index (κ2) is 11.3. The summed E-state index contributed by atoms with van der Waals surface area (Å²) in [6, 6.07) is 14.6. The Kier molecular flexibility index (Phi) is 8.11. The van der Waals surface area contributed by atoms with E-state index in [2.05, 4.69) is 48.2 Å². The van der Waals surface area contributed by atoms with Crippen LogP contribution in [0, 0.1) is 0 Å². The molecule has 0 aromatic heterocycles. The van der Waals surface area contributed by atoms with Gasteiger partial charge in [-0.15, -0.1) is 0 Å². The van der Waals surface area contributed by atoms with Gasteiger partial charge in [0.15, 0.2) is 0 Å². The molecule has 2 amide bonds. The Morgan fingerprint density at radius 3 is 2.29 bits per heavy atom. The van der Waals surface area contributed by atoms with E-state index < -0.39 is 6.09 Å². The van der Waals surface area contributed by atoms with Crippen molar-refractivity contribution in [2.24, 2.45) is 0 Å². The fourth-order valence-electron chi connectivity index (χ4n) is 5.78. The second-order valence-corrected chi connectivity index (χ2v) is 9.99. The van der Waals surface area contributed by atoms with Crippen molar-refractivity contribution < 1.29 is 14.7 Å². The maximum atomic E-state index is 12.6. The predicted molar refractivity (Wildman–Crippen MR) is 141 cm³/mol. The lowest BCUT2D eigenvalue weighted by Gasteiger charge is -2.43. The molecule has 188 valence electrons. The van der Waals surface area contributed by atoms with Crippen molar-refractivity contribution in [2.75, 3.05) is 24.5 Å². The number of carbonyl (C=O) groups is 2. The van der Waals surface area contributed by atoms with E-state index in [0.717, 1.165) is 41.8 Å². The van der Waals surface area contributed by atoms with Crippen LogP contribution in [0.15, 0.2) is 42.5 Å². The van der Waals surface area contributed by atoms with Crippen LogP contribution in [0.1, 0.15) is 76.5 Å². The first-order valence-corrected chi connectivity index (χ1v) is 13.2. The lowest BCUT2D eigenvalue weighted by molar-refractivity contribution is -0.117. The average molecular weight is 478 g/mol. The molecule has 2 aliphatic heterocycles. The van der Waals surface area contributed by atoms with Crippen LogP contribution in [0.25, 0.3) is 11.1 Å². The zero-order valence-corrected chi connectivity index (χ0v) is 21.4. The Bertz CT molecular complexity index is 1030. The van der Waals surface area contributed by atoms with E-state index in [1.54, 1.807) is 11.8 Å². The quantitative estimate of drug-likeness (QED) is 0.508. The number of amides is 2. The van der Waals surface area contributed by atoms with Crippen LogP contribution >= 0.6 is 0 Å². The minimum atomic E-state index is -0.901. The van der Waals surface area contributed by atoms with E-state index in [1.807, 2.05) is 17.9 Å². The molecule has 2 heterocycles. The largest absolute Gasteiger partial charge is 0.465 e. The van der Waals surface area contributed by atoms with Crippen LogP contribution in [0.3, 0.4) is 0 Å². The SMILES string of the molecule is CCCN(C(=O)O)[C@@H]1C[C@H](CC)N(C(C)=O)c2ccc(-c3ccc(CN4CCCCC4)cc3)cc21. The zero-order chi connectivity index (χ0) is 24.9. The zero-order valence-electron chi connectivity index (χ0n) is 21.4. The number of hydrogen-bond acceptors (Lipinski definition) is 3. The summed E-state index contributed by atoms with van der Waals surface area (Å²) in [5.74, 6) is 0.00346. The van der Waals surface area contributed by atoms with Crippen LogP contribution in [-0.4, -0.2) is 52.6 Å². The summed E-state index contributed by atoms with van der Waals surface area (Å²) >= 11 is 0. The first-order chi connectivity index (χ1) is 16.9. The Balaban J connectivity index is 1.67. The molecule has 35 heavy (non-hydrogen) atoms. The minimum Gasteiger partial charge on any atom is -0.465 e. The maximum Gasteiger partial charge on any atom is 0.407 e. The van der Waals surface area contributed by atoms with Crippen LogP contribution in [0.4, 0.5) is 10.5 Å². The highest BCUT2D eigenvalue weighted by molar-refractivity contribution is 5.94. The summed E-state index contributed by atoms with van der Waals surface area (Å²) < 4.78 is 0. The van der Waals surface area contributed by atoms with Crippen molar-refractivity contribution in [1.82, 2.24) is 9.80 Å². The molecule has 1 N–H and O–H groups in total. The van der Waals surface area contributed by atoms with Crippen molar-refractivity contribution in [3.05, 3.63) is 53.6 Å². The molecule has 2 aromatic rings. The van der Waals surface area contributed by atoms with Crippen molar-refractivity contribution in [2.45, 2.75) is 77.9 Å². The van der Waals surface area contributed by atoms with E-state index in [9.17, 15) is 14.7 Å². The van der Waals surface area contributed by atoms with Gasteiger partial charge >= 0.3 is 6.09 Å². The van der Waals surface area contributed by atoms with E-state index >= 15 is 0 Å². The Labute approximate surface area is 209 Å². The molecule has 0 spiro atoms. The molecule has 6 heteroatoms. The molecule has 1 fully saturated rings. The van der Waals surface area contributed by atoms with Gasteiger partial charge in [0.05, 0.1) is 6.04 Å². The van der Waals surface area contributed by atoms with Crippen LogP contribution in [-0.2, 0) is 11.3 Å². The number of rotatable bonds is 7. The molecule has 0 bridgehead atoms. The average Bonchev–Trinajstić information content (AvgIpc) is 2.87. The summed E-state index contributed by atoms with van der Waals surface area (Å²) in [7, 11) is 0. The normalized spacial score (nSPS) is 20.4. The van der Waals surface area contributed by atoms with Gasteiger partial charge in [-0.3, -0.25) is 9.69 Å². The number of hydrogen-bond donors (Lipinski definition) is 1. The van der Waals surface area contributed by atoms with E-state index in [-0.39, 0.29) is 18.0 Å². The molecule has 4 rings (SSSR count). The number of fused-ring (bicyclic) bond motifs is 1. The number of carbonyl (C=O) groups excluding carboxylic acids is 1. The van der Waals surface area contributed by atoms with Crippen molar-refractivity contribution >= 4 is 17.7 Å². The number of likely N-dealkylation sites (tertiary alicyclic amines) is 1. The van der Waals surface area contributed by atoms with Gasteiger partial charge in [0, 0.05) is 31.7 Å². The van der Waals surface area contributed by atoms with Crippen molar-refractivity contribution in [1.29, 1.82) is 0 Å². The molecule has 0 radical (unpaired) electrons. The predicted octanol–water partition coefficient (Wildman–Crippen LogP) is 6.31. The van der Waals surface area contributed by atoms with Crippen LogP contribution in [0.2, 0.25) is 0 Å². The third kappa shape index (κ3) is 5.53. The van der Waals surface area contributed by atoms with E-state index in [4.69, 9.17) is 0 Å². The summed E-state index contributed by atoms with van der Waals surface area (Å²) in [5, 5.41) is 10.0. The molecule has 0 unspecified atom stereocenters. The van der Waals surface area contributed by atoms with Gasteiger partial charge in [-0.05, 0) is 79.6 Å². The van der Waals surface area contributed by atoms with E-state index in [0.29, 0.717) is 13.0 Å². The number of benzene rings is 2. The second-order valence-electron chi connectivity index (χ2n) is 9.99. The van der Waals surface area contributed by atoms with Gasteiger partial charge < -0.3 is 14.9 Å². The third-order valence-corrected chi connectivity index (χ3v) is 7.55. The fourth-order valence-corrected chi connectivity index (χ4v) is 5.78. The molecule has 0 saturated carbocycles. The number of carboxylic acid groups (broad SMARTS) is 1. The summed E-state index contributed by atoms with van der Waals surface area (Å²) in [5.41, 5.74) is 5.25. The highest BCUT2D eigenvalue weighted by atomic mass is 16.4. The summed E-state index contributed by atoms with van der Waals surface area (Å²) in [6.45, 7) is 9.49. The summed E-state index contributed by atoms with van der Waals surface area (Å²) in [4.78, 5) is 30.8. The Morgan fingerprint density at radius 2 is 1.69 bits per heavy atom. The monoisotopic (exact) mass is 477 g/mol. The van der Waals surface area contributed by atoms with Gasteiger partial charge in [0.25, 0.3) is 0 Å². The molecule has 0 aliphatic carbocycles. The Morgan fingerprint density at radius 1 is 1.00 bits per heavy atom. The van der Waals surface area contributed by atoms with Gasteiger partial charge in [0.1, 0.15) is 0 Å². The first-order valence-electron chi connectivity index (χ1n) is 13.2. The molecule has 1 saturated heterocycles. The van der Waals surface area contributed by atoms with Gasteiger partial charge in [-0.1, -0.05) is 50.6 Å². The first kappa shape index (κ1) is 25.2. The maximum absolute atomic E-state index is 12.6. The fraction of sp³-hybridized carbons (Fsp3) is 0.517. The summed E-state index contributed by atoms with van der Waals surface area (Å²) in [6.07, 6.45) is 5.17. The van der Waals surface area contributed by atoms with Gasteiger partial charge in [-0.25, -0.2) is 4.79 Å². The Hall–Kier alpha value is -2.86. The third-order valence-electron chi connectivity index (χ3n) is 7.55. The lowest BCUT2D eigenvalue weighted by Crippen LogP contribution is -2.47. The van der Waals surface area contributed by atoms with Crippen LogP contribution in [0.5, 0.6) is 0 Å². The van der Waals surface area contributed by atoms with Gasteiger partial charge in [0.2, 0.25) is 5.91 Å². The highest BCUT2D eigenvalue weighted by Gasteiger charge is 2.38. The molecule has 2 aliphatic rings. The molecular weight excluding hydrogens is 438 g/mol. The molecule has 2 aromatic carbocycles. The number of anilines is 1. The van der Waals surface area contributed by atoms with Crippen molar-refractivity contribution in [3.8, 4) is 11.1 Å². The molecule has 6 nitrogen and oxygen atoms in total. The molecular formula is C29H39N3O3. The topological polar surface area (TPSA) is 64.1 Å². The van der Waals surface area contributed by atoms with E-state index in [1.165, 1.54) is 37.9 Å². The minimum absolute atomic E-state index is 0.00346. The van der Waals surface area contributed by atoms with Gasteiger partial charge in [-0.2, -0.15) is 0 Å². The lowest BCUT2D eigenvalue weighted by atomic mass is 9.86. The number of piperidine rings is 1. The highest BCUT2D eigenvalue weighted by Crippen LogP contribution is 2.43. The molecule has 2 atom stereocenters. The standard InChI is InChI=1S/C29H39N3O3/c1-4-15-31(29(34)35)28-19-25(5-2)32(21(3)33)27-14-13-24(18-26(27)28)23-11-9-22(10-12-23)20-30-16-7-6-8-17-30/h9-14,18,25,28H,4-8,15-17,19-20H2,1-3H3,(H,34,35)/t25-,28+/m0/s1. The smallest absolute Gasteiger partial charge is 0.407 e.